The number of halogens is 2. The number of aldehydes is 1. The van der Waals surface area contributed by atoms with E-state index >= 15 is 8.78 Å². The lowest BCUT2D eigenvalue weighted by Gasteiger charge is -2.27. The van der Waals surface area contributed by atoms with Crippen LogP contribution in [0.25, 0.3) is 5.57 Å². The fourth-order valence-electron chi connectivity index (χ4n) is 3.89. The minimum atomic E-state index is -3.43. The third kappa shape index (κ3) is 3.94. The highest BCUT2D eigenvalue weighted by molar-refractivity contribution is 5.80. The van der Waals surface area contributed by atoms with Crippen LogP contribution in [0.3, 0.4) is 0 Å². The summed E-state index contributed by atoms with van der Waals surface area (Å²) in [4.78, 5) is 15.7. The SMILES string of the molecule is COCCOc1cc(C=O)c2c(n1)C(F)(F)Cn1nccc1C1=C(CCCC1)CO2. The second-order valence-corrected chi connectivity index (χ2v) is 7.34. The Kier molecular flexibility index (Phi) is 5.80. The van der Waals surface area contributed by atoms with Crippen molar-refractivity contribution in [1.82, 2.24) is 14.8 Å². The van der Waals surface area contributed by atoms with E-state index in [9.17, 15) is 4.79 Å². The summed E-state index contributed by atoms with van der Waals surface area (Å²) in [6.07, 6.45) is 5.60. The number of hydrogen-bond donors (Lipinski definition) is 0. The third-order valence-corrected chi connectivity index (χ3v) is 5.34. The topological polar surface area (TPSA) is 75.5 Å². The molecule has 1 aliphatic carbocycles. The van der Waals surface area contributed by atoms with E-state index in [-0.39, 0.29) is 37.0 Å². The number of pyridine rings is 1. The van der Waals surface area contributed by atoms with Crippen LogP contribution in [0.1, 0.15) is 47.4 Å². The first-order valence-electron chi connectivity index (χ1n) is 9.89. The van der Waals surface area contributed by atoms with Gasteiger partial charge >= 0.3 is 5.92 Å². The van der Waals surface area contributed by atoms with Gasteiger partial charge in [0.05, 0.1) is 17.9 Å². The summed E-state index contributed by atoms with van der Waals surface area (Å²) in [6, 6.07) is 3.08. The number of nitrogens with zero attached hydrogens (tertiary/aromatic N) is 3. The third-order valence-electron chi connectivity index (χ3n) is 5.34. The fourth-order valence-corrected chi connectivity index (χ4v) is 3.89. The minimum Gasteiger partial charge on any atom is -0.486 e. The van der Waals surface area contributed by atoms with Gasteiger partial charge < -0.3 is 14.2 Å². The largest absolute Gasteiger partial charge is 0.486 e. The van der Waals surface area contributed by atoms with Gasteiger partial charge in [-0.05, 0) is 42.9 Å². The maximum Gasteiger partial charge on any atom is 0.312 e. The van der Waals surface area contributed by atoms with Crippen LogP contribution in [0.4, 0.5) is 8.78 Å². The first kappa shape index (κ1) is 20.5. The number of allylic oxidation sites excluding steroid dienone is 1. The fraction of sp³-hybridized carbons (Fsp3) is 0.476. The molecule has 0 radical (unpaired) electrons. The van der Waals surface area contributed by atoms with Crippen molar-refractivity contribution in [3.05, 3.63) is 40.9 Å². The van der Waals surface area contributed by atoms with E-state index in [0.29, 0.717) is 12.0 Å². The average molecular weight is 419 g/mol. The van der Waals surface area contributed by atoms with Gasteiger partial charge in [0.2, 0.25) is 5.88 Å². The molecule has 4 rings (SSSR count). The van der Waals surface area contributed by atoms with Crippen LogP contribution in [0.2, 0.25) is 0 Å². The van der Waals surface area contributed by atoms with E-state index in [1.807, 2.05) is 0 Å². The summed E-state index contributed by atoms with van der Waals surface area (Å²) < 4.78 is 48.2. The zero-order valence-corrected chi connectivity index (χ0v) is 16.7. The zero-order valence-electron chi connectivity index (χ0n) is 16.7. The van der Waals surface area contributed by atoms with Crippen molar-refractivity contribution in [3.8, 4) is 11.6 Å². The molecule has 9 heteroatoms. The summed E-state index contributed by atoms with van der Waals surface area (Å²) >= 11 is 0. The van der Waals surface area contributed by atoms with E-state index < -0.39 is 18.2 Å². The number of alkyl halides is 2. The van der Waals surface area contributed by atoms with Gasteiger partial charge in [-0.25, -0.2) is 4.98 Å². The predicted octanol–water partition coefficient (Wildman–Crippen LogP) is 3.63. The maximum atomic E-state index is 15.4. The van der Waals surface area contributed by atoms with Crippen LogP contribution in [-0.4, -0.2) is 48.0 Å². The molecule has 3 heterocycles. The molecule has 160 valence electrons. The molecule has 0 unspecified atom stereocenters. The highest BCUT2D eigenvalue weighted by Crippen LogP contribution is 2.41. The minimum absolute atomic E-state index is 0.0219. The molecule has 0 spiro atoms. The van der Waals surface area contributed by atoms with Crippen LogP contribution in [0, 0.1) is 0 Å². The molecule has 0 aromatic carbocycles. The van der Waals surface area contributed by atoms with E-state index in [1.165, 1.54) is 24.1 Å². The predicted molar refractivity (Wildman–Crippen MR) is 104 cm³/mol. The molecule has 0 N–H and O–H groups in total. The Bertz CT molecular complexity index is 971. The quantitative estimate of drug-likeness (QED) is 0.544. The second-order valence-electron chi connectivity index (χ2n) is 7.34. The highest BCUT2D eigenvalue weighted by atomic mass is 19.3. The molecule has 0 amide bonds. The number of hydrogen-bond acceptors (Lipinski definition) is 6. The van der Waals surface area contributed by atoms with Crippen molar-refractivity contribution >= 4 is 11.9 Å². The van der Waals surface area contributed by atoms with Crippen molar-refractivity contribution in [2.75, 3.05) is 26.9 Å². The van der Waals surface area contributed by atoms with Gasteiger partial charge in [0.1, 0.15) is 19.8 Å². The molecule has 0 atom stereocenters. The molecule has 2 aromatic heterocycles. The van der Waals surface area contributed by atoms with Gasteiger partial charge in [-0.2, -0.15) is 13.9 Å². The van der Waals surface area contributed by atoms with Gasteiger partial charge in [0.25, 0.3) is 0 Å². The molecule has 2 aromatic rings. The highest BCUT2D eigenvalue weighted by Gasteiger charge is 2.41. The summed E-state index contributed by atoms with van der Waals surface area (Å²) in [7, 11) is 1.50. The molecule has 0 saturated heterocycles. The molecule has 0 fully saturated rings. The van der Waals surface area contributed by atoms with Crippen LogP contribution >= 0.6 is 0 Å². The number of methoxy groups -OCH3 is 1. The summed E-state index contributed by atoms with van der Waals surface area (Å²) in [5.74, 6) is -3.71. The molecular weight excluding hydrogens is 396 g/mol. The Morgan fingerprint density at radius 1 is 1.30 bits per heavy atom. The standard InChI is InChI=1S/C21H23F2N3O4/c1-28-8-9-29-18-10-15(11-27)19-20(25-18)21(22,23)13-26-17(6-7-24-26)16-5-3-2-4-14(16)12-30-19/h6-7,10-11H,2-5,8-9,12-13H2,1H3. The Labute approximate surface area is 172 Å². The smallest absolute Gasteiger partial charge is 0.312 e. The van der Waals surface area contributed by atoms with Crippen LogP contribution in [0.5, 0.6) is 11.6 Å². The van der Waals surface area contributed by atoms with Crippen LogP contribution < -0.4 is 9.47 Å². The Hall–Kier alpha value is -2.81. The van der Waals surface area contributed by atoms with Crippen LogP contribution in [-0.2, 0) is 17.2 Å². The number of fused-ring (bicyclic) bond motifs is 3. The van der Waals surface area contributed by atoms with Gasteiger partial charge in [0.15, 0.2) is 17.7 Å². The lowest BCUT2D eigenvalue weighted by molar-refractivity contribution is -0.0330. The molecule has 0 saturated carbocycles. The molecule has 7 nitrogen and oxygen atoms in total. The normalized spacial score (nSPS) is 18.0. The van der Waals surface area contributed by atoms with Gasteiger partial charge in [-0.3, -0.25) is 9.48 Å². The van der Waals surface area contributed by atoms with Crippen molar-refractivity contribution in [2.24, 2.45) is 0 Å². The maximum absolute atomic E-state index is 15.4. The Balaban J connectivity index is 1.82. The molecule has 30 heavy (non-hydrogen) atoms. The van der Waals surface area contributed by atoms with Gasteiger partial charge in [0, 0.05) is 19.4 Å². The number of ether oxygens (including phenoxy) is 3. The number of carbonyl (C=O) groups excluding carboxylic acids is 1. The summed E-state index contributed by atoms with van der Waals surface area (Å²) in [6.45, 7) is -0.215. The number of carbonyl (C=O) groups is 1. The molecule has 0 bridgehead atoms. The van der Waals surface area contributed by atoms with E-state index in [0.717, 1.165) is 36.8 Å². The van der Waals surface area contributed by atoms with Crippen molar-refractivity contribution in [2.45, 2.75) is 38.2 Å². The molecule has 2 aliphatic rings. The molecule has 1 aliphatic heterocycles. The average Bonchev–Trinajstić information content (AvgIpc) is 3.19. The van der Waals surface area contributed by atoms with Crippen molar-refractivity contribution in [3.63, 3.8) is 0 Å². The number of rotatable bonds is 5. The second kappa shape index (κ2) is 8.51. The van der Waals surface area contributed by atoms with Crippen LogP contribution in [0.15, 0.2) is 23.9 Å². The Morgan fingerprint density at radius 2 is 2.13 bits per heavy atom. The van der Waals surface area contributed by atoms with Gasteiger partial charge in [-0.1, -0.05) is 0 Å². The van der Waals surface area contributed by atoms with Crippen molar-refractivity contribution in [1.29, 1.82) is 0 Å². The van der Waals surface area contributed by atoms with E-state index in [2.05, 4.69) is 10.1 Å². The van der Waals surface area contributed by atoms with E-state index in [4.69, 9.17) is 14.2 Å². The van der Waals surface area contributed by atoms with Gasteiger partial charge in [-0.15, -0.1) is 0 Å². The first-order valence-corrected chi connectivity index (χ1v) is 9.89. The van der Waals surface area contributed by atoms with E-state index in [1.54, 1.807) is 6.07 Å². The van der Waals surface area contributed by atoms with Crippen molar-refractivity contribution < 1.29 is 27.8 Å². The monoisotopic (exact) mass is 419 g/mol. The Morgan fingerprint density at radius 3 is 2.93 bits per heavy atom. The molecular formula is C21H23F2N3O4. The first-order chi connectivity index (χ1) is 14.5. The number of aromatic nitrogens is 3. The summed E-state index contributed by atoms with van der Waals surface area (Å²) in [5, 5.41) is 4.13. The lowest BCUT2D eigenvalue weighted by atomic mass is 9.90. The summed E-state index contributed by atoms with van der Waals surface area (Å²) in [5.41, 5.74) is 2.07. The lowest BCUT2D eigenvalue weighted by Crippen LogP contribution is -2.28. The zero-order chi connectivity index (χ0) is 21.1.